The van der Waals surface area contributed by atoms with Crippen LogP contribution in [0.5, 0.6) is 0 Å². The molecule has 2 saturated carbocycles. The van der Waals surface area contributed by atoms with Crippen LogP contribution in [0.25, 0.3) is 0 Å². The number of amides is 1. The number of benzene rings is 1. The fourth-order valence-electron chi connectivity index (χ4n) is 7.63. The number of anilines is 1. The minimum Gasteiger partial charge on any atom is -0.387 e. The van der Waals surface area contributed by atoms with Gasteiger partial charge >= 0.3 is 6.18 Å². The lowest BCUT2D eigenvalue weighted by Crippen LogP contribution is -2.57. The molecule has 5 rings (SSSR count). The SMILES string of the molecule is C[C@]12CCC(=O)C=C1NC[C@@H]1[C@H]2CC[C@]2(C)C(C(=O)Nc3ccccc3C(F)(F)F)CC[C@@H]12. The number of piperidine rings is 1. The standard InChI is InChI=1S/C26H31F3N2O2/c1-24-12-10-18-16(14-30-22-13-15(32)9-11-25(18,22)2)17(24)7-8-20(24)23(33)31-21-6-4-3-5-19(21)26(27,28)29/h3-6,13,16-18,20,30H,7-12,14H2,1-2H3,(H,31,33)/t16-,17-,18+,20?,24-,25+/m0/s1. The molecule has 0 bridgehead atoms. The van der Waals surface area contributed by atoms with E-state index in [1.807, 2.05) is 0 Å². The molecular weight excluding hydrogens is 429 g/mol. The molecule has 6 atom stereocenters. The first-order valence-corrected chi connectivity index (χ1v) is 12.0. The molecule has 4 aliphatic rings. The largest absolute Gasteiger partial charge is 0.418 e. The maximum absolute atomic E-state index is 13.4. The zero-order chi connectivity index (χ0) is 23.6. The van der Waals surface area contributed by atoms with Crippen LogP contribution in [0.2, 0.25) is 0 Å². The highest BCUT2D eigenvalue weighted by molar-refractivity contribution is 5.94. The fraction of sp³-hybridized carbons (Fsp3) is 0.615. The molecule has 2 N–H and O–H groups in total. The van der Waals surface area contributed by atoms with Crippen LogP contribution >= 0.6 is 0 Å². The quantitative estimate of drug-likeness (QED) is 0.608. The average molecular weight is 461 g/mol. The number of allylic oxidation sites excluding steroid dienone is 2. The Bertz CT molecular complexity index is 1020. The number of halogens is 3. The molecule has 33 heavy (non-hydrogen) atoms. The maximum Gasteiger partial charge on any atom is 0.418 e. The Labute approximate surface area is 192 Å². The van der Waals surface area contributed by atoms with Gasteiger partial charge in [0.1, 0.15) is 0 Å². The molecule has 3 fully saturated rings. The Balaban J connectivity index is 1.37. The van der Waals surface area contributed by atoms with Crippen LogP contribution in [0.1, 0.15) is 57.9 Å². The molecule has 0 radical (unpaired) electrons. The van der Waals surface area contributed by atoms with Crippen LogP contribution in [0, 0.1) is 34.5 Å². The number of ketones is 1. The van der Waals surface area contributed by atoms with Gasteiger partial charge in [-0.3, -0.25) is 9.59 Å². The van der Waals surface area contributed by atoms with Crippen molar-refractivity contribution in [2.75, 3.05) is 11.9 Å². The molecule has 178 valence electrons. The van der Waals surface area contributed by atoms with E-state index in [2.05, 4.69) is 24.5 Å². The first kappa shape index (κ1) is 22.5. The normalized spacial score (nSPS) is 37.8. The summed E-state index contributed by atoms with van der Waals surface area (Å²) in [7, 11) is 0. The van der Waals surface area contributed by atoms with E-state index in [4.69, 9.17) is 0 Å². The predicted octanol–water partition coefficient (Wildman–Crippen LogP) is 5.56. The predicted molar refractivity (Wildman–Crippen MR) is 119 cm³/mol. The van der Waals surface area contributed by atoms with Crippen molar-refractivity contribution in [2.45, 2.75) is 58.5 Å². The first-order chi connectivity index (χ1) is 15.5. The summed E-state index contributed by atoms with van der Waals surface area (Å²) >= 11 is 0. The van der Waals surface area contributed by atoms with Gasteiger partial charge in [-0.25, -0.2) is 0 Å². The van der Waals surface area contributed by atoms with Gasteiger partial charge < -0.3 is 10.6 Å². The Hall–Kier alpha value is -2.31. The first-order valence-electron chi connectivity index (χ1n) is 12.0. The second-order valence-electron chi connectivity index (χ2n) is 10.9. The third-order valence-corrected chi connectivity index (χ3v) is 9.40. The van der Waals surface area contributed by atoms with Gasteiger partial charge in [-0.1, -0.05) is 26.0 Å². The van der Waals surface area contributed by atoms with Crippen molar-refractivity contribution in [3.8, 4) is 0 Å². The molecule has 1 unspecified atom stereocenters. The number of fused-ring (bicyclic) bond motifs is 5. The molecule has 1 saturated heterocycles. The molecule has 7 heteroatoms. The molecule has 3 aliphatic carbocycles. The Morgan fingerprint density at radius 2 is 1.85 bits per heavy atom. The van der Waals surface area contributed by atoms with Gasteiger partial charge in [0.2, 0.25) is 5.91 Å². The summed E-state index contributed by atoms with van der Waals surface area (Å²) in [4.78, 5) is 25.3. The van der Waals surface area contributed by atoms with Crippen LogP contribution in [0.15, 0.2) is 36.0 Å². The fourth-order valence-corrected chi connectivity index (χ4v) is 7.63. The number of para-hydroxylation sites is 1. The van der Waals surface area contributed by atoms with E-state index in [1.165, 1.54) is 18.2 Å². The van der Waals surface area contributed by atoms with Gasteiger partial charge in [0, 0.05) is 36.1 Å². The lowest BCUT2D eigenvalue weighted by molar-refractivity contribution is -0.137. The highest BCUT2D eigenvalue weighted by atomic mass is 19.4. The molecule has 1 aromatic rings. The summed E-state index contributed by atoms with van der Waals surface area (Å²) in [6, 6.07) is 5.19. The van der Waals surface area contributed by atoms with Gasteiger partial charge in [0.15, 0.2) is 5.78 Å². The Morgan fingerprint density at radius 1 is 1.09 bits per heavy atom. The van der Waals surface area contributed by atoms with Gasteiger partial charge in [-0.15, -0.1) is 0 Å². The average Bonchev–Trinajstić information content (AvgIpc) is 3.11. The number of carbonyl (C=O) groups is 2. The second-order valence-corrected chi connectivity index (χ2v) is 10.9. The van der Waals surface area contributed by atoms with E-state index in [9.17, 15) is 22.8 Å². The number of hydrogen-bond donors (Lipinski definition) is 2. The second kappa shape index (κ2) is 7.60. The Kier molecular flexibility index (Phi) is 5.18. The van der Waals surface area contributed by atoms with Gasteiger partial charge in [-0.2, -0.15) is 13.2 Å². The zero-order valence-electron chi connectivity index (χ0n) is 19.1. The number of carbonyl (C=O) groups excluding carboxylic acids is 2. The molecule has 0 spiro atoms. The maximum atomic E-state index is 13.4. The Morgan fingerprint density at radius 3 is 2.61 bits per heavy atom. The van der Waals surface area contributed by atoms with Gasteiger partial charge in [-0.05, 0) is 67.4 Å². The topological polar surface area (TPSA) is 58.2 Å². The van der Waals surface area contributed by atoms with E-state index in [0.717, 1.165) is 44.0 Å². The van der Waals surface area contributed by atoms with Crippen LogP contribution in [-0.2, 0) is 15.8 Å². The van der Waals surface area contributed by atoms with Crippen LogP contribution in [0.3, 0.4) is 0 Å². The van der Waals surface area contributed by atoms with Crippen molar-refractivity contribution in [2.24, 2.45) is 34.5 Å². The van der Waals surface area contributed by atoms with E-state index < -0.39 is 11.7 Å². The summed E-state index contributed by atoms with van der Waals surface area (Å²) in [6.07, 6.45) is 2.17. The summed E-state index contributed by atoms with van der Waals surface area (Å²) in [5, 5.41) is 6.17. The summed E-state index contributed by atoms with van der Waals surface area (Å²) in [5.41, 5.74) is -0.173. The van der Waals surface area contributed by atoms with Crippen molar-refractivity contribution in [1.82, 2.24) is 5.32 Å². The highest BCUT2D eigenvalue weighted by Gasteiger charge is 2.60. The molecule has 4 nitrogen and oxygen atoms in total. The van der Waals surface area contributed by atoms with Crippen molar-refractivity contribution >= 4 is 17.4 Å². The minimum absolute atomic E-state index is 0.0375. The van der Waals surface area contributed by atoms with Crippen molar-refractivity contribution in [1.29, 1.82) is 0 Å². The minimum atomic E-state index is -4.51. The highest BCUT2D eigenvalue weighted by Crippen LogP contribution is 2.64. The summed E-state index contributed by atoms with van der Waals surface area (Å²) in [5.74, 6) is 0.791. The number of hydrogen-bond acceptors (Lipinski definition) is 3. The zero-order valence-corrected chi connectivity index (χ0v) is 19.1. The third kappa shape index (κ3) is 3.50. The summed E-state index contributed by atoms with van der Waals surface area (Å²) in [6.45, 7) is 5.23. The molecular formula is C26H31F3N2O2. The number of rotatable bonds is 2. The van der Waals surface area contributed by atoms with Crippen LogP contribution < -0.4 is 10.6 Å². The monoisotopic (exact) mass is 460 g/mol. The number of alkyl halides is 3. The summed E-state index contributed by atoms with van der Waals surface area (Å²) < 4.78 is 40.3. The van der Waals surface area contributed by atoms with Crippen LogP contribution in [0.4, 0.5) is 18.9 Å². The van der Waals surface area contributed by atoms with Crippen molar-refractivity contribution in [3.63, 3.8) is 0 Å². The molecule has 1 aromatic carbocycles. The van der Waals surface area contributed by atoms with E-state index >= 15 is 0 Å². The third-order valence-electron chi connectivity index (χ3n) is 9.40. The smallest absolute Gasteiger partial charge is 0.387 e. The molecule has 0 aromatic heterocycles. The van der Waals surface area contributed by atoms with Crippen molar-refractivity contribution in [3.05, 3.63) is 41.6 Å². The lowest BCUT2D eigenvalue weighted by atomic mass is 9.50. The van der Waals surface area contributed by atoms with Crippen LogP contribution in [-0.4, -0.2) is 18.2 Å². The molecule has 1 aliphatic heterocycles. The van der Waals surface area contributed by atoms with E-state index in [1.54, 1.807) is 6.08 Å². The lowest BCUT2D eigenvalue weighted by Gasteiger charge is -2.58. The molecule has 1 amide bonds. The van der Waals surface area contributed by atoms with Gasteiger partial charge in [0.25, 0.3) is 0 Å². The van der Waals surface area contributed by atoms with Gasteiger partial charge in [0.05, 0.1) is 11.3 Å². The number of nitrogens with one attached hydrogen (secondary N) is 2. The van der Waals surface area contributed by atoms with E-state index in [0.29, 0.717) is 30.6 Å². The van der Waals surface area contributed by atoms with Crippen molar-refractivity contribution < 1.29 is 22.8 Å². The van der Waals surface area contributed by atoms with E-state index in [-0.39, 0.29) is 34.1 Å². The molecule has 1 heterocycles.